The molecule has 0 aliphatic rings. The van der Waals surface area contributed by atoms with E-state index in [2.05, 4.69) is 27.7 Å². The summed E-state index contributed by atoms with van der Waals surface area (Å²) in [4.78, 5) is 12.1. The van der Waals surface area contributed by atoms with Crippen molar-refractivity contribution in [2.45, 2.75) is 6.54 Å². The molecule has 0 saturated heterocycles. The predicted octanol–water partition coefficient (Wildman–Crippen LogP) is 1.60. The van der Waals surface area contributed by atoms with E-state index in [0.717, 1.165) is 9.13 Å². The predicted molar refractivity (Wildman–Crippen MR) is 81.5 cm³/mol. The molecule has 6 heteroatoms. The molecule has 2 rings (SSSR count). The summed E-state index contributed by atoms with van der Waals surface area (Å²) in [5, 5.41) is 11.5. The third-order valence-electron chi connectivity index (χ3n) is 2.67. The first kappa shape index (κ1) is 13.6. The van der Waals surface area contributed by atoms with Gasteiger partial charge in [0.25, 0.3) is 5.56 Å². The topological polar surface area (TPSA) is 80.6 Å². The number of benzene rings is 1. The lowest BCUT2D eigenvalue weighted by molar-refractivity contribution is 0.318. The molecule has 0 saturated carbocycles. The van der Waals surface area contributed by atoms with Crippen molar-refractivity contribution in [3.05, 3.63) is 67.6 Å². The van der Waals surface area contributed by atoms with Crippen molar-refractivity contribution in [3.8, 4) is 0 Å². The van der Waals surface area contributed by atoms with Gasteiger partial charge < -0.3 is 15.5 Å². The molecule has 0 unspecified atom stereocenters. The second-order valence-electron chi connectivity index (χ2n) is 3.97. The number of nitrogens with two attached hydrogens (primary N) is 1. The molecule has 98 valence electrons. The SMILES string of the molecule is N/C(=N/O)c1cccn(Cc2ccc(I)cc2)c1=O. The minimum absolute atomic E-state index is 0.179. The van der Waals surface area contributed by atoms with Crippen LogP contribution in [0.4, 0.5) is 0 Å². The monoisotopic (exact) mass is 369 g/mol. The Kier molecular flexibility index (Phi) is 4.20. The van der Waals surface area contributed by atoms with Crippen LogP contribution in [0.25, 0.3) is 0 Å². The highest BCUT2D eigenvalue weighted by Crippen LogP contribution is 2.07. The van der Waals surface area contributed by atoms with Crippen molar-refractivity contribution in [2.75, 3.05) is 0 Å². The summed E-state index contributed by atoms with van der Waals surface area (Å²) in [6, 6.07) is 11.1. The highest BCUT2D eigenvalue weighted by atomic mass is 127. The summed E-state index contributed by atoms with van der Waals surface area (Å²) < 4.78 is 2.66. The quantitative estimate of drug-likeness (QED) is 0.284. The zero-order valence-electron chi connectivity index (χ0n) is 9.95. The van der Waals surface area contributed by atoms with Gasteiger partial charge in [-0.1, -0.05) is 17.3 Å². The normalized spacial score (nSPS) is 11.5. The Hall–Kier alpha value is -1.83. The third-order valence-corrected chi connectivity index (χ3v) is 3.39. The van der Waals surface area contributed by atoms with Gasteiger partial charge >= 0.3 is 0 Å². The molecule has 1 aromatic heterocycles. The maximum absolute atomic E-state index is 12.1. The zero-order chi connectivity index (χ0) is 13.8. The van der Waals surface area contributed by atoms with Crippen LogP contribution in [0, 0.1) is 3.57 Å². The molecule has 5 nitrogen and oxygen atoms in total. The molecule has 0 spiro atoms. The molecule has 0 bridgehead atoms. The molecule has 19 heavy (non-hydrogen) atoms. The number of pyridine rings is 1. The average molecular weight is 369 g/mol. The largest absolute Gasteiger partial charge is 0.409 e. The molecule has 2 aromatic rings. The van der Waals surface area contributed by atoms with Crippen LogP contribution < -0.4 is 11.3 Å². The number of amidine groups is 1. The Morgan fingerprint density at radius 1 is 1.32 bits per heavy atom. The number of halogens is 1. The zero-order valence-corrected chi connectivity index (χ0v) is 12.1. The van der Waals surface area contributed by atoms with Crippen molar-refractivity contribution in [1.82, 2.24) is 4.57 Å². The lowest BCUT2D eigenvalue weighted by Crippen LogP contribution is -2.29. The molecule has 3 N–H and O–H groups in total. The van der Waals surface area contributed by atoms with Crippen LogP contribution in [0.5, 0.6) is 0 Å². The number of rotatable bonds is 3. The number of nitrogens with zero attached hydrogens (tertiary/aromatic N) is 2. The van der Waals surface area contributed by atoms with Gasteiger partial charge in [0.05, 0.1) is 12.1 Å². The minimum Gasteiger partial charge on any atom is -0.409 e. The van der Waals surface area contributed by atoms with Crippen molar-refractivity contribution < 1.29 is 5.21 Å². The lowest BCUT2D eigenvalue weighted by atomic mass is 10.2. The fourth-order valence-corrected chi connectivity index (χ4v) is 2.06. The van der Waals surface area contributed by atoms with Gasteiger partial charge in [0, 0.05) is 9.77 Å². The van der Waals surface area contributed by atoms with Gasteiger partial charge in [-0.3, -0.25) is 4.79 Å². The Morgan fingerprint density at radius 2 is 2.00 bits per heavy atom. The molecule has 1 heterocycles. The maximum atomic E-state index is 12.1. The van der Waals surface area contributed by atoms with Gasteiger partial charge in [-0.15, -0.1) is 0 Å². The van der Waals surface area contributed by atoms with E-state index in [1.807, 2.05) is 24.3 Å². The molecule has 1 aromatic carbocycles. The van der Waals surface area contributed by atoms with Gasteiger partial charge in [0.2, 0.25) is 0 Å². The summed E-state index contributed by atoms with van der Waals surface area (Å²) >= 11 is 2.22. The van der Waals surface area contributed by atoms with Crippen LogP contribution in [0.2, 0.25) is 0 Å². The van der Waals surface area contributed by atoms with E-state index in [1.54, 1.807) is 12.3 Å². The van der Waals surface area contributed by atoms with Crippen molar-refractivity contribution in [3.63, 3.8) is 0 Å². The molecule has 0 amide bonds. The fraction of sp³-hybridized carbons (Fsp3) is 0.0769. The Labute approximate surface area is 123 Å². The standard InChI is InChI=1S/C13H12IN3O2/c14-10-5-3-9(4-6-10)8-17-7-1-2-11(13(17)18)12(15)16-19/h1-7,19H,8H2,(H2,15,16). The smallest absolute Gasteiger partial charge is 0.261 e. The number of hydrogen-bond acceptors (Lipinski definition) is 3. The number of oxime groups is 1. The third kappa shape index (κ3) is 3.14. The second-order valence-corrected chi connectivity index (χ2v) is 5.21. The van der Waals surface area contributed by atoms with E-state index in [4.69, 9.17) is 10.9 Å². The van der Waals surface area contributed by atoms with Crippen LogP contribution >= 0.6 is 22.6 Å². The summed E-state index contributed by atoms with van der Waals surface area (Å²) in [5.41, 5.74) is 6.39. The van der Waals surface area contributed by atoms with E-state index in [1.165, 1.54) is 10.6 Å². The van der Waals surface area contributed by atoms with Crippen molar-refractivity contribution in [2.24, 2.45) is 10.9 Å². The molecule has 0 atom stereocenters. The van der Waals surface area contributed by atoms with Gasteiger partial charge in [0.1, 0.15) is 0 Å². The first-order chi connectivity index (χ1) is 9.11. The minimum atomic E-state index is -0.281. The average Bonchev–Trinajstić information content (AvgIpc) is 2.43. The summed E-state index contributed by atoms with van der Waals surface area (Å²) in [5.74, 6) is -0.179. The van der Waals surface area contributed by atoms with Crippen LogP contribution in [0.3, 0.4) is 0 Å². The molecular formula is C13H12IN3O2. The number of hydrogen-bond donors (Lipinski definition) is 2. The first-order valence-corrected chi connectivity index (χ1v) is 6.61. The van der Waals surface area contributed by atoms with Crippen LogP contribution in [-0.2, 0) is 6.54 Å². The molecule has 0 aliphatic carbocycles. The highest BCUT2D eigenvalue weighted by Gasteiger charge is 2.07. The van der Waals surface area contributed by atoms with Crippen LogP contribution in [0.15, 0.2) is 52.5 Å². The second kappa shape index (κ2) is 5.87. The van der Waals surface area contributed by atoms with E-state index in [0.29, 0.717) is 6.54 Å². The Bertz CT molecular complexity index is 662. The summed E-state index contributed by atoms with van der Waals surface area (Å²) in [7, 11) is 0. The van der Waals surface area contributed by atoms with Gasteiger partial charge in [-0.2, -0.15) is 0 Å². The van der Waals surface area contributed by atoms with Crippen molar-refractivity contribution >= 4 is 28.4 Å². The van der Waals surface area contributed by atoms with E-state index < -0.39 is 0 Å². The van der Waals surface area contributed by atoms with Gasteiger partial charge in [0.15, 0.2) is 5.84 Å². The molecule has 0 aliphatic heterocycles. The number of aromatic nitrogens is 1. The van der Waals surface area contributed by atoms with E-state index in [-0.39, 0.29) is 17.0 Å². The Morgan fingerprint density at radius 3 is 2.63 bits per heavy atom. The van der Waals surface area contributed by atoms with Crippen molar-refractivity contribution in [1.29, 1.82) is 0 Å². The molecule has 0 fully saturated rings. The lowest BCUT2D eigenvalue weighted by Gasteiger charge is -2.07. The highest BCUT2D eigenvalue weighted by molar-refractivity contribution is 14.1. The Balaban J connectivity index is 2.36. The van der Waals surface area contributed by atoms with Crippen LogP contribution in [-0.4, -0.2) is 15.6 Å². The fourth-order valence-electron chi connectivity index (χ4n) is 1.70. The summed E-state index contributed by atoms with van der Waals surface area (Å²) in [6.07, 6.45) is 1.68. The van der Waals surface area contributed by atoms with Gasteiger partial charge in [-0.25, -0.2) is 0 Å². The summed E-state index contributed by atoms with van der Waals surface area (Å²) in [6.45, 7) is 0.447. The van der Waals surface area contributed by atoms with E-state index in [9.17, 15) is 4.79 Å². The van der Waals surface area contributed by atoms with E-state index >= 15 is 0 Å². The molecule has 0 radical (unpaired) electrons. The first-order valence-electron chi connectivity index (χ1n) is 5.53. The maximum Gasteiger partial charge on any atom is 0.261 e. The molecular weight excluding hydrogens is 357 g/mol. The van der Waals surface area contributed by atoms with Crippen LogP contribution in [0.1, 0.15) is 11.1 Å². The van der Waals surface area contributed by atoms with Gasteiger partial charge in [-0.05, 0) is 52.4 Å².